The fourth-order valence-corrected chi connectivity index (χ4v) is 3.69. The fourth-order valence-electron chi connectivity index (χ4n) is 3.47. The monoisotopic (exact) mass is 446 g/mol. The maximum absolute atomic E-state index is 13.4. The number of amides is 1. The van der Waals surface area contributed by atoms with Crippen molar-refractivity contribution < 1.29 is 22.7 Å². The molecule has 0 atom stereocenters. The van der Waals surface area contributed by atoms with Crippen LogP contribution in [0.25, 0.3) is 0 Å². The third-order valence-corrected chi connectivity index (χ3v) is 5.39. The molecule has 1 aromatic heterocycles. The molecule has 1 fully saturated rings. The SMILES string of the molecule is O=C(c1ccc(COc2ccc(F)cc2Cl)o1)N1CCN(Cc2cccc(F)c2)CC1. The van der Waals surface area contributed by atoms with E-state index in [1.54, 1.807) is 23.1 Å². The maximum atomic E-state index is 13.4. The van der Waals surface area contributed by atoms with Gasteiger partial charge in [-0.05, 0) is 48.0 Å². The van der Waals surface area contributed by atoms with Crippen LogP contribution in [0.5, 0.6) is 5.75 Å². The Balaban J connectivity index is 1.29. The van der Waals surface area contributed by atoms with Gasteiger partial charge in [0, 0.05) is 32.7 Å². The number of ether oxygens (including phenoxy) is 1. The number of benzene rings is 2. The second kappa shape index (κ2) is 9.49. The van der Waals surface area contributed by atoms with Crippen molar-refractivity contribution in [2.45, 2.75) is 13.2 Å². The molecule has 162 valence electrons. The Bertz CT molecular complexity index is 1060. The molecule has 31 heavy (non-hydrogen) atoms. The number of halogens is 3. The quantitative estimate of drug-likeness (QED) is 0.548. The number of rotatable bonds is 6. The standard InChI is InChI=1S/C23H21ClF2N2O3/c24-20-13-18(26)4-6-21(20)30-15-19-5-7-22(31-19)23(29)28-10-8-27(9-11-28)14-16-2-1-3-17(25)12-16/h1-7,12-13H,8-11,14-15H2. The topological polar surface area (TPSA) is 45.9 Å². The van der Waals surface area contributed by atoms with Crippen LogP contribution in [0, 0.1) is 11.6 Å². The highest BCUT2D eigenvalue weighted by molar-refractivity contribution is 6.32. The van der Waals surface area contributed by atoms with Crippen molar-refractivity contribution >= 4 is 17.5 Å². The van der Waals surface area contributed by atoms with E-state index in [4.69, 9.17) is 20.8 Å². The molecule has 0 radical (unpaired) electrons. The molecule has 0 N–H and O–H groups in total. The minimum Gasteiger partial charge on any atom is -0.484 e. The first kappa shape index (κ1) is 21.3. The number of carbonyl (C=O) groups excluding carboxylic acids is 1. The predicted molar refractivity (Wildman–Crippen MR) is 112 cm³/mol. The summed E-state index contributed by atoms with van der Waals surface area (Å²) < 4.78 is 37.6. The van der Waals surface area contributed by atoms with E-state index in [2.05, 4.69) is 4.90 Å². The van der Waals surface area contributed by atoms with Crippen LogP contribution in [-0.4, -0.2) is 41.9 Å². The van der Waals surface area contributed by atoms with E-state index in [9.17, 15) is 13.6 Å². The number of nitrogens with zero attached hydrogens (tertiary/aromatic N) is 2. The Morgan fingerprint density at radius 1 is 1.00 bits per heavy atom. The van der Waals surface area contributed by atoms with E-state index >= 15 is 0 Å². The van der Waals surface area contributed by atoms with Gasteiger partial charge < -0.3 is 14.1 Å². The molecule has 3 aromatic rings. The Labute approximate surface area is 183 Å². The minimum absolute atomic E-state index is 0.0695. The highest BCUT2D eigenvalue weighted by Crippen LogP contribution is 2.26. The Morgan fingerprint density at radius 3 is 2.52 bits per heavy atom. The molecule has 5 nitrogen and oxygen atoms in total. The normalized spacial score (nSPS) is 14.6. The average molecular weight is 447 g/mol. The summed E-state index contributed by atoms with van der Waals surface area (Å²) in [6.07, 6.45) is 0. The zero-order valence-electron chi connectivity index (χ0n) is 16.7. The largest absolute Gasteiger partial charge is 0.484 e. The van der Waals surface area contributed by atoms with Gasteiger partial charge in [0.1, 0.15) is 29.8 Å². The Morgan fingerprint density at radius 2 is 1.77 bits per heavy atom. The van der Waals surface area contributed by atoms with E-state index in [1.807, 2.05) is 6.07 Å². The van der Waals surface area contributed by atoms with Crippen molar-refractivity contribution in [2.24, 2.45) is 0 Å². The molecular formula is C23H21ClF2N2O3. The van der Waals surface area contributed by atoms with Gasteiger partial charge in [-0.2, -0.15) is 0 Å². The molecule has 8 heteroatoms. The van der Waals surface area contributed by atoms with Gasteiger partial charge in [-0.3, -0.25) is 9.69 Å². The summed E-state index contributed by atoms with van der Waals surface area (Å²) in [4.78, 5) is 16.7. The van der Waals surface area contributed by atoms with Crippen molar-refractivity contribution in [1.29, 1.82) is 0 Å². The van der Waals surface area contributed by atoms with Gasteiger partial charge in [0.05, 0.1) is 5.02 Å². The Kier molecular flexibility index (Phi) is 6.53. The Hall–Kier alpha value is -2.90. The summed E-state index contributed by atoms with van der Waals surface area (Å²) in [5, 5.41) is 0.166. The third kappa shape index (κ3) is 5.42. The molecule has 1 aliphatic rings. The van der Waals surface area contributed by atoms with E-state index < -0.39 is 5.82 Å². The number of carbonyl (C=O) groups is 1. The predicted octanol–water partition coefficient (Wildman–Crippen LogP) is 4.75. The lowest BCUT2D eigenvalue weighted by molar-refractivity contribution is 0.0594. The van der Waals surface area contributed by atoms with E-state index in [0.29, 0.717) is 44.2 Å². The smallest absolute Gasteiger partial charge is 0.289 e. The highest BCUT2D eigenvalue weighted by atomic mass is 35.5. The summed E-state index contributed by atoms with van der Waals surface area (Å²) in [6, 6.07) is 13.7. The number of piperazine rings is 1. The molecular weight excluding hydrogens is 426 g/mol. The molecule has 1 saturated heterocycles. The van der Waals surface area contributed by atoms with Gasteiger partial charge in [0.15, 0.2) is 5.76 Å². The van der Waals surface area contributed by atoms with Crippen molar-refractivity contribution in [1.82, 2.24) is 9.80 Å². The summed E-state index contributed by atoms with van der Waals surface area (Å²) in [5.41, 5.74) is 0.914. The average Bonchev–Trinajstić information content (AvgIpc) is 3.22. The summed E-state index contributed by atoms with van der Waals surface area (Å²) in [7, 11) is 0. The zero-order chi connectivity index (χ0) is 21.8. The molecule has 0 aliphatic carbocycles. The fraction of sp³-hybridized carbons (Fsp3) is 0.261. The van der Waals surface area contributed by atoms with Gasteiger partial charge in [-0.15, -0.1) is 0 Å². The first-order valence-corrected chi connectivity index (χ1v) is 10.3. The first-order valence-electron chi connectivity index (χ1n) is 9.90. The van der Waals surface area contributed by atoms with Gasteiger partial charge in [0.2, 0.25) is 0 Å². The van der Waals surface area contributed by atoms with Crippen LogP contribution >= 0.6 is 11.6 Å². The van der Waals surface area contributed by atoms with Crippen molar-refractivity contribution in [3.63, 3.8) is 0 Å². The van der Waals surface area contributed by atoms with Crippen LogP contribution in [-0.2, 0) is 13.2 Å². The maximum Gasteiger partial charge on any atom is 0.289 e. The lowest BCUT2D eigenvalue weighted by Crippen LogP contribution is -2.48. The summed E-state index contributed by atoms with van der Waals surface area (Å²) in [6.45, 7) is 3.23. The van der Waals surface area contributed by atoms with Gasteiger partial charge in [-0.1, -0.05) is 23.7 Å². The molecule has 4 rings (SSSR count). The second-order valence-electron chi connectivity index (χ2n) is 7.33. The van der Waals surface area contributed by atoms with E-state index in [1.165, 1.54) is 30.3 Å². The summed E-state index contributed by atoms with van der Waals surface area (Å²) >= 11 is 5.94. The summed E-state index contributed by atoms with van der Waals surface area (Å²) in [5.74, 6) is 0.166. The molecule has 2 heterocycles. The van der Waals surface area contributed by atoms with Crippen LogP contribution in [0.2, 0.25) is 5.02 Å². The molecule has 1 aliphatic heterocycles. The zero-order valence-corrected chi connectivity index (χ0v) is 17.4. The third-order valence-electron chi connectivity index (χ3n) is 5.09. The number of furan rings is 1. The van der Waals surface area contributed by atoms with Crippen LogP contribution in [0.4, 0.5) is 8.78 Å². The molecule has 0 saturated carbocycles. The van der Waals surface area contributed by atoms with Gasteiger partial charge in [0.25, 0.3) is 5.91 Å². The highest BCUT2D eigenvalue weighted by Gasteiger charge is 2.24. The van der Waals surface area contributed by atoms with Crippen molar-refractivity contribution in [3.8, 4) is 5.75 Å². The number of hydrogen-bond donors (Lipinski definition) is 0. The van der Waals surface area contributed by atoms with Crippen LogP contribution in [0.15, 0.2) is 59.0 Å². The first-order chi connectivity index (χ1) is 15.0. The van der Waals surface area contributed by atoms with Gasteiger partial charge >= 0.3 is 0 Å². The van der Waals surface area contributed by atoms with E-state index in [0.717, 1.165) is 5.56 Å². The van der Waals surface area contributed by atoms with Crippen molar-refractivity contribution in [3.05, 3.63) is 88.3 Å². The molecule has 2 aromatic carbocycles. The molecule has 0 spiro atoms. The lowest BCUT2D eigenvalue weighted by atomic mass is 10.2. The van der Waals surface area contributed by atoms with Gasteiger partial charge in [-0.25, -0.2) is 8.78 Å². The lowest BCUT2D eigenvalue weighted by Gasteiger charge is -2.34. The second-order valence-corrected chi connectivity index (χ2v) is 7.73. The van der Waals surface area contributed by atoms with Crippen LogP contribution in [0.3, 0.4) is 0 Å². The number of hydrogen-bond acceptors (Lipinski definition) is 4. The molecule has 0 unspecified atom stereocenters. The molecule has 1 amide bonds. The van der Waals surface area contributed by atoms with Crippen LogP contribution < -0.4 is 4.74 Å². The van der Waals surface area contributed by atoms with Crippen molar-refractivity contribution in [2.75, 3.05) is 26.2 Å². The molecule has 0 bridgehead atoms. The van der Waals surface area contributed by atoms with E-state index in [-0.39, 0.29) is 29.1 Å². The minimum atomic E-state index is -0.445. The van der Waals surface area contributed by atoms with Crippen LogP contribution in [0.1, 0.15) is 21.9 Å².